The third-order valence-corrected chi connectivity index (χ3v) is 6.29. The molecule has 0 aliphatic carbocycles. The number of likely N-dealkylation sites (tertiary alicyclic amines) is 1. The van der Waals surface area contributed by atoms with Crippen molar-refractivity contribution >= 4 is 18.0 Å². The van der Waals surface area contributed by atoms with Crippen LogP contribution in [0.4, 0.5) is 0 Å². The first-order chi connectivity index (χ1) is 17.6. The van der Waals surface area contributed by atoms with Crippen molar-refractivity contribution in [3.05, 3.63) is 83.7 Å². The van der Waals surface area contributed by atoms with E-state index in [1.54, 1.807) is 18.0 Å². The molecule has 0 spiro atoms. The van der Waals surface area contributed by atoms with Gasteiger partial charge in [-0.1, -0.05) is 65.9 Å². The molecule has 1 amide bonds. The number of rotatable bonds is 10. The van der Waals surface area contributed by atoms with Gasteiger partial charge in [0.2, 0.25) is 5.91 Å². The Bertz CT molecular complexity index is 1190. The average molecular weight is 490 g/mol. The van der Waals surface area contributed by atoms with Gasteiger partial charge in [0.05, 0.1) is 32.5 Å². The quantitative estimate of drug-likeness (QED) is 0.437. The van der Waals surface area contributed by atoms with Crippen molar-refractivity contribution in [2.24, 2.45) is 0 Å². The van der Waals surface area contributed by atoms with Crippen LogP contribution in [0.25, 0.3) is 6.08 Å². The second-order valence-electron chi connectivity index (χ2n) is 8.61. The summed E-state index contributed by atoms with van der Waals surface area (Å²) in [6.45, 7) is 1.73. The Morgan fingerprint density at radius 2 is 1.89 bits per heavy atom. The number of hydrogen-bond donors (Lipinski definition) is 1. The van der Waals surface area contributed by atoms with Gasteiger partial charge in [-0.3, -0.25) is 9.69 Å². The Morgan fingerprint density at radius 3 is 2.67 bits per heavy atom. The summed E-state index contributed by atoms with van der Waals surface area (Å²) < 4.78 is 11.8. The number of ether oxygens (including phenoxy) is 2. The molecule has 2 atom stereocenters. The first-order valence-electron chi connectivity index (χ1n) is 11.9. The Morgan fingerprint density at radius 1 is 1.11 bits per heavy atom. The van der Waals surface area contributed by atoms with Crippen molar-refractivity contribution in [2.75, 3.05) is 33.9 Å². The number of para-hydroxylation sites is 1. The summed E-state index contributed by atoms with van der Waals surface area (Å²) in [5, 5.41) is 11.1. The zero-order valence-corrected chi connectivity index (χ0v) is 20.5. The lowest BCUT2D eigenvalue weighted by Crippen LogP contribution is -2.43. The number of aromatic nitrogens is 3. The molecule has 3 aromatic rings. The molecule has 2 heterocycles. The van der Waals surface area contributed by atoms with Crippen LogP contribution < -0.4 is 10.1 Å². The van der Waals surface area contributed by atoms with Gasteiger partial charge in [0.1, 0.15) is 5.75 Å². The van der Waals surface area contributed by atoms with Crippen molar-refractivity contribution in [3.63, 3.8) is 0 Å². The van der Waals surface area contributed by atoms with Crippen LogP contribution in [0, 0.1) is 0 Å². The minimum atomic E-state index is -0.536. The number of methoxy groups -OCH3 is 2. The fourth-order valence-corrected chi connectivity index (χ4v) is 4.41. The highest BCUT2D eigenvalue weighted by Crippen LogP contribution is 2.27. The topological polar surface area (TPSA) is 98.6 Å². The van der Waals surface area contributed by atoms with Crippen LogP contribution in [0.2, 0.25) is 0 Å². The standard InChI is InChI=1S/C27H31N5O4/c1-35-25-13-7-6-11-21(25)12-8-16-31-18-22(32-19-23(29-30-32)27(34)36-2)17-24(31)26(33)28-15-14-20-9-4-3-5-10-20/h3-13,19,22,24H,14-18H2,1-2H3,(H,28,33)/b12-8+/t22-,24-/m0/s1. The van der Waals surface area contributed by atoms with Crippen molar-refractivity contribution in [1.82, 2.24) is 25.2 Å². The summed E-state index contributed by atoms with van der Waals surface area (Å²) in [5.41, 5.74) is 2.30. The molecule has 1 aliphatic heterocycles. The molecular weight excluding hydrogens is 458 g/mol. The maximum absolute atomic E-state index is 13.2. The van der Waals surface area contributed by atoms with E-state index in [0.29, 0.717) is 26.1 Å². The Hall–Kier alpha value is -3.98. The molecule has 0 unspecified atom stereocenters. The molecule has 2 aromatic carbocycles. The van der Waals surface area contributed by atoms with Crippen LogP contribution in [0.1, 0.15) is 34.1 Å². The van der Waals surface area contributed by atoms with Gasteiger partial charge >= 0.3 is 5.97 Å². The summed E-state index contributed by atoms with van der Waals surface area (Å²) in [4.78, 5) is 27.1. The molecule has 0 saturated carbocycles. The number of carbonyl (C=O) groups is 2. The molecule has 9 nitrogen and oxygen atoms in total. The molecule has 9 heteroatoms. The Balaban J connectivity index is 1.45. The third kappa shape index (κ3) is 6.17. The molecular formula is C27H31N5O4. The highest BCUT2D eigenvalue weighted by atomic mass is 16.5. The zero-order chi connectivity index (χ0) is 25.3. The SMILES string of the molecule is COC(=O)c1cn([C@H]2C[C@@H](C(=O)NCCc3ccccc3)N(C/C=C/c3ccccc3OC)C2)nn1. The van der Waals surface area contributed by atoms with Crippen LogP contribution >= 0.6 is 0 Å². The van der Waals surface area contributed by atoms with Gasteiger partial charge in [-0.15, -0.1) is 5.10 Å². The predicted molar refractivity (Wildman–Crippen MR) is 136 cm³/mol. The van der Waals surface area contributed by atoms with E-state index < -0.39 is 5.97 Å². The van der Waals surface area contributed by atoms with Gasteiger partial charge < -0.3 is 14.8 Å². The van der Waals surface area contributed by atoms with Crippen LogP contribution in [-0.2, 0) is 16.0 Å². The van der Waals surface area contributed by atoms with Gasteiger partial charge in [-0.25, -0.2) is 9.48 Å². The molecule has 1 N–H and O–H groups in total. The van der Waals surface area contributed by atoms with Gasteiger partial charge in [0, 0.05) is 25.2 Å². The normalized spacial score (nSPS) is 17.8. The fraction of sp³-hybridized carbons (Fsp3) is 0.333. The van der Waals surface area contributed by atoms with Gasteiger partial charge in [-0.05, 0) is 24.5 Å². The maximum atomic E-state index is 13.2. The lowest BCUT2D eigenvalue weighted by molar-refractivity contribution is -0.125. The van der Waals surface area contributed by atoms with E-state index >= 15 is 0 Å². The zero-order valence-electron chi connectivity index (χ0n) is 20.5. The minimum absolute atomic E-state index is 0.0209. The van der Waals surface area contributed by atoms with E-state index in [2.05, 4.69) is 32.7 Å². The number of benzene rings is 2. The maximum Gasteiger partial charge on any atom is 0.360 e. The highest BCUT2D eigenvalue weighted by molar-refractivity contribution is 5.86. The second kappa shape index (κ2) is 12.1. The molecule has 4 rings (SSSR count). The monoisotopic (exact) mass is 489 g/mol. The molecule has 36 heavy (non-hydrogen) atoms. The molecule has 0 bridgehead atoms. The minimum Gasteiger partial charge on any atom is -0.496 e. The molecule has 1 aromatic heterocycles. The van der Waals surface area contributed by atoms with Gasteiger partial charge in [-0.2, -0.15) is 0 Å². The first-order valence-corrected chi connectivity index (χ1v) is 11.9. The number of esters is 1. The summed E-state index contributed by atoms with van der Waals surface area (Å²) in [7, 11) is 2.96. The third-order valence-electron chi connectivity index (χ3n) is 6.29. The van der Waals surface area contributed by atoms with E-state index in [-0.39, 0.29) is 23.7 Å². The molecule has 188 valence electrons. The number of nitrogens with one attached hydrogen (secondary N) is 1. The fourth-order valence-electron chi connectivity index (χ4n) is 4.41. The Labute approximate surface area is 210 Å². The van der Waals surface area contributed by atoms with Crippen LogP contribution in [-0.4, -0.2) is 71.7 Å². The molecule has 1 saturated heterocycles. The van der Waals surface area contributed by atoms with Crippen molar-refractivity contribution in [1.29, 1.82) is 0 Å². The van der Waals surface area contributed by atoms with Crippen LogP contribution in [0.15, 0.2) is 66.9 Å². The lowest BCUT2D eigenvalue weighted by Gasteiger charge is -2.22. The molecule has 1 fully saturated rings. The lowest BCUT2D eigenvalue weighted by atomic mass is 10.1. The number of amides is 1. The summed E-state index contributed by atoms with van der Waals surface area (Å²) in [5.74, 6) is 0.236. The largest absolute Gasteiger partial charge is 0.496 e. The number of hydrogen-bond acceptors (Lipinski definition) is 7. The highest BCUT2D eigenvalue weighted by Gasteiger charge is 2.37. The van der Waals surface area contributed by atoms with E-state index in [1.807, 2.05) is 54.6 Å². The van der Waals surface area contributed by atoms with E-state index in [1.165, 1.54) is 12.7 Å². The van der Waals surface area contributed by atoms with Crippen molar-refractivity contribution in [2.45, 2.75) is 24.9 Å². The smallest absolute Gasteiger partial charge is 0.360 e. The second-order valence-corrected chi connectivity index (χ2v) is 8.61. The molecule has 0 radical (unpaired) electrons. The average Bonchev–Trinajstić information content (AvgIpc) is 3.57. The summed E-state index contributed by atoms with van der Waals surface area (Å²) >= 11 is 0. The van der Waals surface area contributed by atoms with E-state index in [0.717, 1.165) is 17.7 Å². The van der Waals surface area contributed by atoms with Crippen LogP contribution in [0.3, 0.4) is 0 Å². The van der Waals surface area contributed by atoms with E-state index in [4.69, 9.17) is 9.47 Å². The van der Waals surface area contributed by atoms with Crippen molar-refractivity contribution < 1.29 is 19.1 Å². The van der Waals surface area contributed by atoms with Crippen LogP contribution in [0.5, 0.6) is 5.75 Å². The number of carbonyl (C=O) groups excluding carboxylic acids is 2. The number of nitrogens with zero attached hydrogens (tertiary/aromatic N) is 4. The van der Waals surface area contributed by atoms with Gasteiger partial charge in [0.25, 0.3) is 0 Å². The van der Waals surface area contributed by atoms with E-state index in [9.17, 15) is 9.59 Å². The summed E-state index contributed by atoms with van der Waals surface area (Å²) in [6.07, 6.45) is 6.94. The summed E-state index contributed by atoms with van der Waals surface area (Å²) in [6, 6.07) is 17.4. The first kappa shape index (κ1) is 25.1. The predicted octanol–water partition coefficient (Wildman–Crippen LogP) is 2.76. The Kier molecular flexibility index (Phi) is 8.46. The molecule has 1 aliphatic rings. The van der Waals surface area contributed by atoms with Crippen molar-refractivity contribution in [3.8, 4) is 5.75 Å². The van der Waals surface area contributed by atoms with Gasteiger partial charge in [0.15, 0.2) is 5.69 Å².